The number of fused-ring (bicyclic) bond motifs is 1. The summed E-state index contributed by atoms with van der Waals surface area (Å²) in [7, 11) is 0. The van der Waals surface area contributed by atoms with E-state index in [1.54, 1.807) is 25.1 Å². The van der Waals surface area contributed by atoms with E-state index < -0.39 is 17.0 Å². The molecule has 2 N–H and O–H groups in total. The van der Waals surface area contributed by atoms with Gasteiger partial charge in [0.1, 0.15) is 11.5 Å². The lowest BCUT2D eigenvalue weighted by atomic mass is 9.80. The number of carbonyl (C=O) groups is 2. The zero-order chi connectivity index (χ0) is 20.3. The number of benzene rings is 2. The number of carbonyl (C=O) groups excluding carboxylic acids is 2. The summed E-state index contributed by atoms with van der Waals surface area (Å²) in [6.07, 6.45) is 0. The predicted molar refractivity (Wildman–Crippen MR) is 109 cm³/mol. The van der Waals surface area contributed by atoms with Crippen molar-refractivity contribution in [2.45, 2.75) is 40.0 Å². The first-order valence-corrected chi connectivity index (χ1v) is 9.40. The van der Waals surface area contributed by atoms with Gasteiger partial charge in [0.25, 0.3) is 0 Å². The molecule has 0 bridgehead atoms. The third kappa shape index (κ3) is 3.00. The number of halogens is 1. The van der Waals surface area contributed by atoms with Crippen molar-refractivity contribution >= 4 is 38.8 Å². The second-order valence-corrected chi connectivity index (χ2v) is 8.77. The lowest BCUT2D eigenvalue weighted by molar-refractivity contribution is -0.110. The molecule has 0 saturated carbocycles. The van der Waals surface area contributed by atoms with Crippen LogP contribution >= 0.6 is 15.9 Å². The number of aliphatic hydroxyl groups is 1. The highest BCUT2D eigenvalue weighted by atomic mass is 79.9. The Labute approximate surface area is 166 Å². The highest BCUT2D eigenvalue weighted by Gasteiger charge is 2.36. The molecule has 0 unspecified atom stereocenters. The standard InChI is InChI=1S/C22H21BrO4/c1-10-6-7-13-16(11(10)2)20(26)21(27)17(18(13)24)12-8-14(22(3,4)5)19(25)15(23)9-12/h6-9,24-25H,1-5H3. The number of aromatic hydroxyl groups is 1. The largest absolute Gasteiger partial charge is 0.506 e. The van der Waals surface area contributed by atoms with Crippen LogP contribution in [0.3, 0.4) is 0 Å². The molecule has 1 aliphatic carbocycles. The van der Waals surface area contributed by atoms with Gasteiger partial charge in [-0.15, -0.1) is 0 Å². The van der Waals surface area contributed by atoms with E-state index in [-0.39, 0.29) is 22.6 Å². The Morgan fingerprint density at radius 1 is 0.963 bits per heavy atom. The maximum atomic E-state index is 12.9. The number of hydrogen-bond acceptors (Lipinski definition) is 4. The molecule has 27 heavy (non-hydrogen) atoms. The highest BCUT2D eigenvalue weighted by Crippen LogP contribution is 2.42. The normalized spacial score (nSPS) is 14.6. The molecular formula is C22H21BrO4. The van der Waals surface area contributed by atoms with Crippen molar-refractivity contribution in [2.75, 3.05) is 0 Å². The molecule has 2 aromatic carbocycles. The first kappa shape index (κ1) is 19.4. The van der Waals surface area contributed by atoms with Crippen molar-refractivity contribution in [1.82, 2.24) is 0 Å². The maximum absolute atomic E-state index is 12.9. The Balaban J connectivity index is 2.35. The van der Waals surface area contributed by atoms with Gasteiger partial charge in [-0.05, 0) is 64.0 Å². The van der Waals surface area contributed by atoms with E-state index in [4.69, 9.17) is 0 Å². The van der Waals surface area contributed by atoms with Crippen LogP contribution < -0.4 is 0 Å². The van der Waals surface area contributed by atoms with Crippen LogP contribution in [0.2, 0.25) is 0 Å². The Bertz CT molecular complexity index is 1040. The predicted octanol–water partition coefficient (Wildman–Crippen LogP) is 5.26. The number of rotatable bonds is 1. The molecule has 0 fully saturated rings. The second kappa shape index (κ2) is 6.34. The fourth-order valence-electron chi connectivity index (χ4n) is 3.36. The molecule has 0 spiro atoms. The summed E-state index contributed by atoms with van der Waals surface area (Å²) in [5.41, 5.74) is 2.76. The van der Waals surface area contributed by atoms with Crippen LogP contribution in [-0.4, -0.2) is 21.8 Å². The summed E-state index contributed by atoms with van der Waals surface area (Å²) < 4.78 is 0.399. The summed E-state index contributed by atoms with van der Waals surface area (Å²) in [5.74, 6) is -1.51. The van der Waals surface area contributed by atoms with E-state index in [9.17, 15) is 19.8 Å². The maximum Gasteiger partial charge on any atom is 0.237 e. The van der Waals surface area contributed by atoms with Gasteiger partial charge in [0.05, 0.1) is 10.0 Å². The lowest BCUT2D eigenvalue weighted by Gasteiger charge is -2.24. The number of Topliss-reactive ketones (excluding diaryl/α,β-unsaturated/α-hetero) is 2. The Hall–Kier alpha value is -2.40. The van der Waals surface area contributed by atoms with E-state index in [1.165, 1.54) is 0 Å². The van der Waals surface area contributed by atoms with Crippen LogP contribution in [-0.2, 0) is 10.2 Å². The molecule has 0 amide bonds. The van der Waals surface area contributed by atoms with Crippen LogP contribution in [0.15, 0.2) is 28.7 Å². The number of aliphatic hydroxyl groups excluding tert-OH is 1. The average Bonchev–Trinajstić information content (AvgIpc) is 2.57. The summed E-state index contributed by atoms with van der Waals surface area (Å²) in [5, 5.41) is 21.2. The Kier molecular flexibility index (Phi) is 4.55. The average molecular weight is 429 g/mol. The van der Waals surface area contributed by atoms with Gasteiger partial charge in [0, 0.05) is 16.7 Å². The van der Waals surface area contributed by atoms with Crippen LogP contribution in [0.25, 0.3) is 11.3 Å². The first-order chi connectivity index (χ1) is 12.4. The van der Waals surface area contributed by atoms with Gasteiger partial charge in [-0.2, -0.15) is 0 Å². The van der Waals surface area contributed by atoms with Crippen molar-refractivity contribution < 1.29 is 19.8 Å². The van der Waals surface area contributed by atoms with E-state index in [2.05, 4.69) is 15.9 Å². The summed E-state index contributed by atoms with van der Waals surface area (Å²) in [6.45, 7) is 9.42. The van der Waals surface area contributed by atoms with Crippen molar-refractivity contribution in [3.8, 4) is 5.75 Å². The van der Waals surface area contributed by atoms with Crippen molar-refractivity contribution in [1.29, 1.82) is 0 Å². The molecule has 0 atom stereocenters. The summed E-state index contributed by atoms with van der Waals surface area (Å²) in [4.78, 5) is 25.7. The molecule has 0 heterocycles. The number of phenols is 1. The number of aryl methyl sites for hydroxylation is 1. The van der Waals surface area contributed by atoms with Crippen molar-refractivity contribution in [3.05, 3.63) is 62.1 Å². The minimum absolute atomic E-state index is 0.0399. The van der Waals surface area contributed by atoms with Crippen molar-refractivity contribution in [3.63, 3.8) is 0 Å². The number of phenolic OH excluding ortho intramolecular Hbond substituents is 1. The van der Waals surface area contributed by atoms with E-state index in [1.807, 2.05) is 33.8 Å². The van der Waals surface area contributed by atoms with Crippen LogP contribution in [0, 0.1) is 13.8 Å². The molecule has 0 saturated heterocycles. The SMILES string of the molecule is Cc1ccc2c(c1C)C(=O)C(=O)C(c1cc(Br)c(O)c(C(C)(C)C)c1)=C2O. The first-order valence-electron chi connectivity index (χ1n) is 8.61. The Morgan fingerprint density at radius 2 is 1.59 bits per heavy atom. The summed E-state index contributed by atoms with van der Waals surface area (Å²) >= 11 is 3.31. The quantitative estimate of drug-likeness (QED) is 0.607. The molecular weight excluding hydrogens is 408 g/mol. The number of hydrogen-bond donors (Lipinski definition) is 2. The molecule has 3 rings (SSSR count). The lowest BCUT2D eigenvalue weighted by Crippen LogP contribution is -2.25. The third-order valence-corrected chi connectivity index (χ3v) is 5.65. The molecule has 4 nitrogen and oxygen atoms in total. The van der Waals surface area contributed by atoms with Gasteiger partial charge in [-0.1, -0.05) is 32.9 Å². The number of ketones is 2. The van der Waals surface area contributed by atoms with Gasteiger partial charge in [-0.25, -0.2) is 0 Å². The zero-order valence-corrected chi connectivity index (χ0v) is 17.5. The van der Waals surface area contributed by atoms with E-state index >= 15 is 0 Å². The van der Waals surface area contributed by atoms with Crippen LogP contribution in [0.1, 0.15) is 58.9 Å². The van der Waals surface area contributed by atoms with Gasteiger partial charge >= 0.3 is 0 Å². The monoisotopic (exact) mass is 428 g/mol. The van der Waals surface area contributed by atoms with Gasteiger partial charge < -0.3 is 10.2 Å². The molecule has 5 heteroatoms. The van der Waals surface area contributed by atoms with Gasteiger partial charge in [-0.3, -0.25) is 9.59 Å². The van der Waals surface area contributed by atoms with Crippen molar-refractivity contribution in [2.24, 2.45) is 0 Å². The molecule has 0 aromatic heterocycles. The third-order valence-electron chi connectivity index (χ3n) is 5.05. The topological polar surface area (TPSA) is 74.6 Å². The van der Waals surface area contributed by atoms with E-state index in [0.717, 1.165) is 5.56 Å². The zero-order valence-electron chi connectivity index (χ0n) is 15.9. The number of allylic oxidation sites excluding steroid dienone is 1. The minimum Gasteiger partial charge on any atom is -0.506 e. The molecule has 140 valence electrons. The smallest absolute Gasteiger partial charge is 0.237 e. The van der Waals surface area contributed by atoms with Crippen LogP contribution in [0.4, 0.5) is 0 Å². The van der Waals surface area contributed by atoms with Gasteiger partial charge in [0.15, 0.2) is 0 Å². The minimum atomic E-state index is -0.744. The highest BCUT2D eigenvalue weighted by molar-refractivity contribution is 9.10. The molecule has 0 aliphatic heterocycles. The Morgan fingerprint density at radius 3 is 2.19 bits per heavy atom. The summed E-state index contributed by atoms with van der Waals surface area (Å²) in [6, 6.07) is 6.69. The fraction of sp³-hybridized carbons (Fsp3) is 0.273. The second-order valence-electron chi connectivity index (χ2n) is 7.92. The van der Waals surface area contributed by atoms with Crippen LogP contribution in [0.5, 0.6) is 5.75 Å². The molecule has 0 radical (unpaired) electrons. The molecule has 1 aliphatic rings. The molecule has 2 aromatic rings. The van der Waals surface area contributed by atoms with E-state index in [0.29, 0.717) is 26.7 Å². The van der Waals surface area contributed by atoms with Gasteiger partial charge in [0.2, 0.25) is 11.6 Å². The fourth-order valence-corrected chi connectivity index (χ4v) is 3.82.